The fraction of sp³-hybridized carbons (Fsp3) is 0. The number of hydrogen-bond donors (Lipinski definition) is 1. The topological polar surface area (TPSA) is 27.5 Å². The maximum absolute atomic E-state index is 10.0. The minimum Gasteiger partial charge on any atom is -0.624 e. The van der Waals surface area contributed by atoms with E-state index in [2.05, 4.69) is 6.20 Å². The molecule has 2 nitrogen and oxygen atoms in total. The molecule has 0 amide bonds. The molecular weight excluding hydrogens is 78.0 g/mol. The molecule has 0 fully saturated rings. The van der Waals surface area contributed by atoms with Crippen molar-refractivity contribution in [2.75, 3.05) is 0 Å². The van der Waals surface area contributed by atoms with Gasteiger partial charge < -0.3 is 10.3 Å². The van der Waals surface area contributed by atoms with Gasteiger partial charge in [-0.2, -0.15) is 0 Å². The van der Waals surface area contributed by atoms with Crippen molar-refractivity contribution in [3.8, 4) is 0 Å². The molecule has 0 aromatic heterocycles. The van der Waals surface area contributed by atoms with Crippen LogP contribution in [-0.2, 0) is 0 Å². The van der Waals surface area contributed by atoms with Gasteiger partial charge in [0.1, 0.15) is 0 Å². The number of nitrogens with one attached hydrogen (secondary N) is 1. The van der Waals surface area contributed by atoms with Gasteiger partial charge in [0.25, 0.3) is 0 Å². The Morgan fingerprint density at radius 2 is 2.50 bits per heavy atom. The van der Waals surface area contributed by atoms with E-state index in [9.17, 15) is 5.21 Å². The molecule has 1 aliphatic heterocycles. The van der Waals surface area contributed by atoms with E-state index in [1.165, 1.54) is 6.20 Å². The molecule has 0 aromatic rings. The van der Waals surface area contributed by atoms with Crippen LogP contribution in [0.5, 0.6) is 0 Å². The summed E-state index contributed by atoms with van der Waals surface area (Å²) < 4.78 is 0. The lowest BCUT2D eigenvalue weighted by atomic mass is 10.6. The highest BCUT2D eigenvalue weighted by Gasteiger charge is 1.87. The Morgan fingerprint density at radius 1 is 1.67 bits per heavy atom. The predicted octanol–water partition coefficient (Wildman–Crippen LogP) is -0.787. The summed E-state index contributed by atoms with van der Waals surface area (Å²) in [6.07, 6.45) is 7.19. The molecule has 6 heavy (non-hydrogen) atoms. The molecule has 1 heterocycles. The number of allylic oxidation sites excluding steroid dienone is 2. The van der Waals surface area contributed by atoms with E-state index in [0.29, 0.717) is 0 Å². The first-order chi connectivity index (χ1) is 2.89. The zero-order chi connectivity index (χ0) is 4.41. The average molecular weight is 82.1 g/mol. The minimum absolute atomic E-state index is 0.0324. The Kier molecular flexibility index (Phi) is 0.742. The lowest BCUT2D eigenvalue weighted by molar-refractivity contribution is -0.741. The molecule has 1 rings (SSSR count). The van der Waals surface area contributed by atoms with E-state index in [-0.39, 0.29) is 5.06 Å². The van der Waals surface area contributed by atoms with Crippen LogP contribution >= 0.6 is 0 Å². The molecule has 1 aliphatic rings. The van der Waals surface area contributed by atoms with Gasteiger partial charge in [0.2, 0.25) is 0 Å². The normalized spacial score (nSPS) is 20.2. The van der Waals surface area contributed by atoms with Crippen molar-refractivity contribution >= 4 is 0 Å². The first-order valence-electron chi connectivity index (χ1n) is 1.70. The second-order valence-corrected chi connectivity index (χ2v) is 1.03. The van der Waals surface area contributed by atoms with Crippen LogP contribution in [0.1, 0.15) is 0 Å². The highest BCUT2D eigenvalue weighted by atomic mass is 16.5. The van der Waals surface area contributed by atoms with Crippen molar-refractivity contribution in [1.29, 1.82) is 0 Å². The lowest BCUT2D eigenvalue weighted by Crippen LogP contribution is -2.96. The zero-order valence-electron chi connectivity index (χ0n) is 3.14. The summed E-state index contributed by atoms with van der Waals surface area (Å²) in [4.78, 5) is 0. The van der Waals surface area contributed by atoms with Crippen LogP contribution in [-0.4, -0.2) is 0 Å². The molecule has 0 saturated carbocycles. The van der Waals surface area contributed by atoms with Crippen LogP contribution in [0.15, 0.2) is 18.4 Å². The molecule has 1 radical (unpaired) electrons. The largest absolute Gasteiger partial charge is 0.624 e. The standard InChI is InChI=1S/C4H4NO/c6-5-3-1-2-4-5/h1-3,5H. The third-order valence-corrected chi connectivity index (χ3v) is 0.569. The molecule has 2 heteroatoms. The van der Waals surface area contributed by atoms with Gasteiger partial charge in [0.05, 0.1) is 6.20 Å². The average Bonchev–Trinajstić information content (AvgIpc) is 1.86. The van der Waals surface area contributed by atoms with Crippen molar-refractivity contribution in [3.05, 3.63) is 29.8 Å². The fourth-order valence-corrected chi connectivity index (χ4v) is 0.314. The van der Waals surface area contributed by atoms with Crippen LogP contribution in [0.4, 0.5) is 0 Å². The number of rotatable bonds is 0. The van der Waals surface area contributed by atoms with Crippen molar-refractivity contribution in [2.45, 2.75) is 0 Å². The highest BCUT2D eigenvalue weighted by Crippen LogP contribution is 1.70. The van der Waals surface area contributed by atoms with Crippen molar-refractivity contribution in [3.63, 3.8) is 0 Å². The molecule has 0 saturated heterocycles. The van der Waals surface area contributed by atoms with Gasteiger partial charge in [-0.15, -0.1) is 0 Å². The molecule has 31 valence electrons. The Labute approximate surface area is 36.0 Å². The van der Waals surface area contributed by atoms with Gasteiger partial charge in [-0.3, -0.25) is 0 Å². The van der Waals surface area contributed by atoms with E-state index < -0.39 is 0 Å². The summed E-state index contributed by atoms with van der Waals surface area (Å²) in [7, 11) is 0. The maximum atomic E-state index is 10.0. The number of quaternary nitrogens is 1. The molecule has 0 bridgehead atoms. The smallest absolute Gasteiger partial charge is 0.198 e. The van der Waals surface area contributed by atoms with Gasteiger partial charge in [-0.1, -0.05) is 0 Å². The quantitative estimate of drug-likeness (QED) is 0.381. The van der Waals surface area contributed by atoms with Crippen LogP contribution in [0.2, 0.25) is 0 Å². The van der Waals surface area contributed by atoms with Gasteiger partial charge in [0, 0.05) is 6.08 Å². The first-order valence-corrected chi connectivity index (χ1v) is 1.70. The molecular formula is C4H4NO. The monoisotopic (exact) mass is 82.0 g/mol. The summed E-state index contributed by atoms with van der Waals surface area (Å²) in [6, 6.07) is 0. The van der Waals surface area contributed by atoms with Crippen LogP contribution in [0.3, 0.4) is 0 Å². The van der Waals surface area contributed by atoms with E-state index in [1.807, 2.05) is 0 Å². The van der Waals surface area contributed by atoms with Crippen LogP contribution in [0.25, 0.3) is 0 Å². The lowest BCUT2D eigenvalue weighted by Gasteiger charge is -2.02. The Morgan fingerprint density at radius 3 is 2.67 bits per heavy atom. The Bertz CT molecular complexity index is 83.7. The highest BCUT2D eigenvalue weighted by molar-refractivity contribution is 4.97. The van der Waals surface area contributed by atoms with E-state index in [1.54, 1.807) is 12.2 Å². The summed E-state index contributed by atoms with van der Waals surface area (Å²) in [5.41, 5.74) is 0. The SMILES string of the molecule is [O-][NH+]1[C]=CC=C1. The van der Waals surface area contributed by atoms with Crippen LogP contribution in [0, 0.1) is 11.4 Å². The van der Waals surface area contributed by atoms with E-state index in [4.69, 9.17) is 0 Å². The minimum atomic E-state index is -0.0324. The molecule has 1 unspecified atom stereocenters. The third-order valence-electron chi connectivity index (χ3n) is 0.569. The summed E-state index contributed by atoms with van der Waals surface area (Å²) in [5, 5.41) is 9.98. The van der Waals surface area contributed by atoms with Crippen molar-refractivity contribution in [1.82, 2.24) is 0 Å². The molecule has 0 spiro atoms. The van der Waals surface area contributed by atoms with Gasteiger partial charge >= 0.3 is 0 Å². The predicted molar refractivity (Wildman–Crippen MR) is 21.3 cm³/mol. The van der Waals surface area contributed by atoms with E-state index in [0.717, 1.165) is 0 Å². The van der Waals surface area contributed by atoms with E-state index >= 15 is 0 Å². The second-order valence-electron chi connectivity index (χ2n) is 1.03. The molecule has 1 atom stereocenters. The summed E-state index contributed by atoms with van der Waals surface area (Å²) in [6.45, 7) is 0. The summed E-state index contributed by atoms with van der Waals surface area (Å²) in [5.74, 6) is 0. The van der Waals surface area contributed by atoms with Crippen LogP contribution < -0.4 is 5.06 Å². The van der Waals surface area contributed by atoms with Gasteiger partial charge in [0.15, 0.2) is 6.20 Å². The summed E-state index contributed by atoms with van der Waals surface area (Å²) >= 11 is 0. The molecule has 1 N–H and O–H groups in total. The van der Waals surface area contributed by atoms with Gasteiger partial charge in [-0.05, 0) is 6.08 Å². The van der Waals surface area contributed by atoms with Crippen molar-refractivity contribution in [2.24, 2.45) is 0 Å². The third kappa shape index (κ3) is 0.478. The molecule has 0 aliphatic carbocycles. The van der Waals surface area contributed by atoms with Gasteiger partial charge in [-0.25, -0.2) is 0 Å². The number of hydroxylamine groups is 2. The van der Waals surface area contributed by atoms with Crippen molar-refractivity contribution < 1.29 is 5.06 Å². The Balaban J connectivity index is 2.60. The first kappa shape index (κ1) is 3.59. The number of hydrogen-bond acceptors (Lipinski definition) is 1. The fourth-order valence-electron chi connectivity index (χ4n) is 0.314. The maximum Gasteiger partial charge on any atom is 0.198 e. The Hall–Kier alpha value is -0.600. The molecule has 0 aromatic carbocycles. The zero-order valence-corrected chi connectivity index (χ0v) is 3.14. The second kappa shape index (κ2) is 1.24.